The summed E-state index contributed by atoms with van der Waals surface area (Å²) < 4.78 is 5.03. The molecule has 0 amide bonds. The van der Waals surface area contributed by atoms with Crippen molar-refractivity contribution in [2.24, 2.45) is 5.41 Å². The largest absolute Gasteiger partial charge is 0.508 e. The van der Waals surface area contributed by atoms with Crippen LogP contribution in [0.15, 0.2) is 12.1 Å². The summed E-state index contributed by atoms with van der Waals surface area (Å²) in [6.45, 7) is 7.66. The smallest absolute Gasteiger partial charge is 0.309 e. The zero-order chi connectivity index (χ0) is 22.1. The van der Waals surface area contributed by atoms with Crippen molar-refractivity contribution in [3.63, 3.8) is 0 Å². The number of rotatable bonds is 14. The zero-order valence-electron chi connectivity index (χ0n) is 18.2. The monoisotopic (exact) mass is 408 g/mol. The standard InChI is InChI=1S/C23H36O6/c1-22(2,21(27)28)12-8-5-6-10-17-14-20(26)18(15-19(17)25)11-7-9-13-23(3,4)29-16-24/h14-16,25-26H,5-13H2,1-4H3,(H,27,28). The topological polar surface area (TPSA) is 104 Å². The number of aromatic hydroxyl groups is 2. The van der Waals surface area contributed by atoms with Gasteiger partial charge in [-0.15, -0.1) is 0 Å². The maximum Gasteiger partial charge on any atom is 0.309 e. The molecule has 0 spiro atoms. The van der Waals surface area contributed by atoms with Gasteiger partial charge < -0.3 is 20.1 Å². The summed E-state index contributed by atoms with van der Waals surface area (Å²) >= 11 is 0. The lowest BCUT2D eigenvalue weighted by Crippen LogP contribution is -2.23. The summed E-state index contributed by atoms with van der Waals surface area (Å²) in [6, 6.07) is 3.26. The Bertz CT molecular complexity index is 678. The molecule has 29 heavy (non-hydrogen) atoms. The van der Waals surface area contributed by atoms with Gasteiger partial charge in [0.15, 0.2) is 0 Å². The second-order valence-electron chi connectivity index (χ2n) is 9.04. The van der Waals surface area contributed by atoms with Gasteiger partial charge in [-0.3, -0.25) is 9.59 Å². The van der Waals surface area contributed by atoms with Gasteiger partial charge in [-0.2, -0.15) is 0 Å². The third-order valence-corrected chi connectivity index (χ3v) is 5.45. The van der Waals surface area contributed by atoms with Gasteiger partial charge in [0.05, 0.1) is 5.41 Å². The van der Waals surface area contributed by atoms with Crippen molar-refractivity contribution in [2.45, 2.75) is 91.1 Å². The van der Waals surface area contributed by atoms with Crippen molar-refractivity contribution in [2.75, 3.05) is 0 Å². The molecule has 0 unspecified atom stereocenters. The molecule has 0 radical (unpaired) electrons. The van der Waals surface area contributed by atoms with E-state index in [-0.39, 0.29) is 11.5 Å². The molecular weight excluding hydrogens is 372 g/mol. The number of carboxylic acid groups (broad SMARTS) is 1. The minimum atomic E-state index is -0.782. The Morgan fingerprint density at radius 3 is 1.86 bits per heavy atom. The van der Waals surface area contributed by atoms with Crippen molar-refractivity contribution >= 4 is 12.4 Å². The Hall–Kier alpha value is -2.24. The lowest BCUT2D eigenvalue weighted by atomic mass is 9.87. The van der Waals surface area contributed by atoms with Gasteiger partial charge in [-0.1, -0.05) is 12.8 Å². The number of aryl methyl sites for hydroxylation is 2. The summed E-state index contributed by atoms with van der Waals surface area (Å²) in [7, 11) is 0. The first-order valence-electron chi connectivity index (χ1n) is 10.4. The molecule has 6 nitrogen and oxygen atoms in total. The van der Waals surface area contributed by atoms with Crippen LogP contribution in [0.4, 0.5) is 0 Å². The Kier molecular flexibility index (Phi) is 9.47. The molecule has 0 atom stereocenters. The van der Waals surface area contributed by atoms with E-state index < -0.39 is 17.0 Å². The molecule has 3 N–H and O–H groups in total. The van der Waals surface area contributed by atoms with Crippen LogP contribution in [-0.2, 0) is 27.2 Å². The number of unbranched alkanes of at least 4 members (excludes halogenated alkanes) is 3. The average molecular weight is 409 g/mol. The number of carbonyl (C=O) groups excluding carboxylic acids is 1. The predicted octanol–water partition coefficient (Wildman–Crippen LogP) is 4.98. The summed E-state index contributed by atoms with van der Waals surface area (Å²) in [4.78, 5) is 21.6. The van der Waals surface area contributed by atoms with E-state index in [1.54, 1.807) is 26.0 Å². The molecule has 0 aliphatic carbocycles. The molecule has 0 bridgehead atoms. The Morgan fingerprint density at radius 2 is 1.38 bits per heavy atom. The normalized spacial score (nSPS) is 12.0. The van der Waals surface area contributed by atoms with Gasteiger partial charge in [-0.05, 0) is 95.9 Å². The molecule has 0 aromatic heterocycles. The first kappa shape index (κ1) is 24.8. The van der Waals surface area contributed by atoms with Gasteiger partial charge in [0.2, 0.25) is 0 Å². The lowest BCUT2D eigenvalue weighted by Gasteiger charge is -2.22. The van der Waals surface area contributed by atoms with E-state index in [2.05, 4.69) is 0 Å². The van der Waals surface area contributed by atoms with Gasteiger partial charge >= 0.3 is 5.97 Å². The van der Waals surface area contributed by atoms with E-state index >= 15 is 0 Å². The zero-order valence-corrected chi connectivity index (χ0v) is 18.2. The van der Waals surface area contributed by atoms with E-state index in [0.29, 0.717) is 36.9 Å². The van der Waals surface area contributed by atoms with Crippen LogP contribution in [-0.4, -0.2) is 33.4 Å². The van der Waals surface area contributed by atoms with Crippen LogP contribution in [0.1, 0.15) is 83.8 Å². The van der Waals surface area contributed by atoms with E-state index in [1.165, 1.54) is 0 Å². The molecule has 1 rings (SSSR count). The fourth-order valence-electron chi connectivity index (χ4n) is 3.29. The van der Waals surface area contributed by atoms with Gasteiger partial charge in [0, 0.05) is 0 Å². The minimum absolute atomic E-state index is 0.188. The summed E-state index contributed by atoms with van der Waals surface area (Å²) in [6.07, 6.45) is 6.81. The van der Waals surface area contributed by atoms with Gasteiger partial charge in [0.1, 0.15) is 17.1 Å². The fraction of sp³-hybridized carbons (Fsp3) is 0.652. The number of carbonyl (C=O) groups is 2. The quantitative estimate of drug-likeness (QED) is 0.228. The van der Waals surface area contributed by atoms with E-state index in [1.807, 2.05) is 13.8 Å². The molecule has 0 saturated heterocycles. The van der Waals surface area contributed by atoms with Crippen molar-refractivity contribution in [1.82, 2.24) is 0 Å². The minimum Gasteiger partial charge on any atom is -0.508 e. The highest BCUT2D eigenvalue weighted by molar-refractivity contribution is 5.73. The third-order valence-electron chi connectivity index (χ3n) is 5.45. The second kappa shape index (κ2) is 11.1. The third kappa shape index (κ3) is 8.75. The first-order chi connectivity index (χ1) is 13.5. The molecule has 0 aliphatic rings. The second-order valence-corrected chi connectivity index (χ2v) is 9.04. The van der Waals surface area contributed by atoms with Gasteiger partial charge in [-0.25, -0.2) is 0 Å². The number of phenolic OH excluding ortho intramolecular Hbond substituents is 2. The van der Waals surface area contributed by atoms with Crippen LogP contribution in [0.3, 0.4) is 0 Å². The molecule has 1 aromatic rings. The molecular formula is C23H36O6. The molecule has 0 saturated carbocycles. The Balaban J connectivity index is 2.45. The fourth-order valence-corrected chi connectivity index (χ4v) is 3.29. The van der Waals surface area contributed by atoms with Crippen molar-refractivity contribution in [1.29, 1.82) is 0 Å². The van der Waals surface area contributed by atoms with Crippen LogP contribution >= 0.6 is 0 Å². The van der Waals surface area contributed by atoms with Gasteiger partial charge in [0.25, 0.3) is 6.47 Å². The van der Waals surface area contributed by atoms with Crippen LogP contribution in [0.5, 0.6) is 11.5 Å². The molecule has 1 aromatic carbocycles. The number of hydrogen-bond acceptors (Lipinski definition) is 5. The van der Waals surface area contributed by atoms with Crippen LogP contribution < -0.4 is 0 Å². The number of hydrogen-bond donors (Lipinski definition) is 3. The Labute approximate surface area is 173 Å². The SMILES string of the molecule is CC(C)(CCCCc1cc(O)c(CCCCCC(C)(C)C(=O)O)cc1O)OC=O. The van der Waals surface area contributed by atoms with Crippen LogP contribution in [0, 0.1) is 5.41 Å². The van der Waals surface area contributed by atoms with Crippen molar-refractivity contribution < 1.29 is 29.6 Å². The van der Waals surface area contributed by atoms with E-state index in [9.17, 15) is 19.8 Å². The molecule has 0 aliphatic heterocycles. The maximum atomic E-state index is 11.1. The predicted molar refractivity (Wildman–Crippen MR) is 112 cm³/mol. The number of ether oxygens (including phenoxy) is 1. The van der Waals surface area contributed by atoms with Crippen LogP contribution in [0.25, 0.3) is 0 Å². The van der Waals surface area contributed by atoms with E-state index in [4.69, 9.17) is 9.84 Å². The van der Waals surface area contributed by atoms with E-state index in [0.717, 1.165) is 38.5 Å². The molecule has 0 heterocycles. The molecule has 164 valence electrons. The average Bonchev–Trinajstić information content (AvgIpc) is 2.61. The number of phenols is 2. The highest BCUT2D eigenvalue weighted by atomic mass is 16.5. The lowest BCUT2D eigenvalue weighted by molar-refractivity contribution is -0.147. The number of carboxylic acids is 1. The summed E-state index contributed by atoms with van der Waals surface area (Å²) in [5, 5.41) is 29.7. The van der Waals surface area contributed by atoms with Crippen LogP contribution in [0.2, 0.25) is 0 Å². The van der Waals surface area contributed by atoms with Crippen molar-refractivity contribution in [3.8, 4) is 11.5 Å². The molecule has 6 heteroatoms. The highest BCUT2D eigenvalue weighted by Gasteiger charge is 2.26. The number of aliphatic carboxylic acids is 1. The maximum absolute atomic E-state index is 11.1. The molecule has 0 fully saturated rings. The Morgan fingerprint density at radius 1 is 0.897 bits per heavy atom. The number of benzene rings is 1. The first-order valence-corrected chi connectivity index (χ1v) is 10.4. The van der Waals surface area contributed by atoms with Crippen molar-refractivity contribution in [3.05, 3.63) is 23.3 Å². The highest BCUT2D eigenvalue weighted by Crippen LogP contribution is 2.31. The summed E-state index contributed by atoms with van der Waals surface area (Å²) in [5.41, 5.74) is 0.222. The summed E-state index contributed by atoms with van der Waals surface area (Å²) in [5.74, 6) is -0.406.